The Labute approximate surface area is 200 Å². The Morgan fingerprint density at radius 3 is 2.09 bits per heavy atom. The standard InChI is InChI=1S/C33H24O/c34-32-27(22-11-3-1-4-12-22)21-25-15-7-8-19-28(25)33(32)29-20-10-17-23-16-9-18-26(30(23)29)31(33)24-13-5-2-6-14-24/h1-8,10-15,17,19-21H,9,16,18H2/t33-/m1/s1. The van der Waals surface area contributed by atoms with Crippen LogP contribution in [-0.4, -0.2) is 5.78 Å². The summed E-state index contributed by atoms with van der Waals surface area (Å²) in [5.74, 6) is 0.187. The Bertz CT molecular complexity index is 1520. The summed E-state index contributed by atoms with van der Waals surface area (Å²) >= 11 is 0. The fraction of sp³-hybridized carbons (Fsp3) is 0.121. The third-order valence-corrected chi connectivity index (χ3v) is 7.80. The summed E-state index contributed by atoms with van der Waals surface area (Å²) in [4.78, 5) is 14.9. The first-order valence-corrected chi connectivity index (χ1v) is 12.1. The van der Waals surface area contributed by atoms with Gasteiger partial charge in [0.25, 0.3) is 0 Å². The smallest absolute Gasteiger partial charge is 0.182 e. The minimum atomic E-state index is -0.830. The fourth-order valence-corrected chi connectivity index (χ4v) is 6.52. The van der Waals surface area contributed by atoms with Crippen LogP contribution in [-0.2, 0) is 16.6 Å². The largest absolute Gasteiger partial charge is 0.292 e. The van der Waals surface area contributed by atoms with Crippen LogP contribution in [0.4, 0.5) is 0 Å². The van der Waals surface area contributed by atoms with Crippen molar-refractivity contribution in [2.75, 3.05) is 0 Å². The van der Waals surface area contributed by atoms with E-state index in [1.54, 1.807) is 0 Å². The number of rotatable bonds is 2. The summed E-state index contributed by atoms with van der Waals surface area (Å²) in [5.41, 5.74) is 10.8. The van der Waals surface area contributed by atoms with Crippen LogP contribution >= 0.6 is 0 Å². The van der Waals surface area contributed by atoms with E-state index in [-0.39, 0.29) is 5.78 Å². The Morgan fingerprint density at radius 2 is 1.29 bits per heavy atom. The molecule has 162 valence electrons. The number of hydrogen-bond acceptors (Lipinski definition) is 1. The summed E-state index contributed by atoms with van der Waals surface area (Å²) in [6.45, 7) is 0. The molecule has 1 atom stereocenters. The molecule has 0 fully saturated rings. The second-order valence-corrected chi connectivity index (χ2v) is 9.50. The molecule has 1 heteroatoms. The lowest BCUT2D eigenvalue weighted by Gasteiger charge is -2.38. The van der Waals surface area contributed by atoms with Crippen LogP contribution in [0.15, 0.2) is 103 Å². The van der Waals surface area contributed by atoms with E-state index in [4.69, 9.17) is 0 Å². The number of aryl methyl sites for hydroxylation is 1. The van der Waals surface area contributed by atoms with E-state index in [0.29, 0.717) is 0 Å². The molecular formula is C33H24O. The predicted molar refractivity (Wildman–Crippen MR) is 139 cm³/mol. The maximum absolute atomic E-state index is 14.9. The Hall–Kier alpha value is -3.97. The molecule has 0 aromatic heterocycles. The molecule has 3 aliphatic carbocycles. The van der Waals surface area contributed by atoms with Gasteiger partial charge in [-0.05, 0) is 75.4 Å². The van der Waals surface area contributed by atoms with E-state index < -0.39 is 5.41 Å². The van der Waals surface area contributed by atoms with Crippen molar-refractivity contribution in [1.29, 1.82) is 0 Å². The molecule has 3 aliphatic rings. The highest BCUT2D eigenvalue weighted by Crippen LogP contribution is 2.61. The number of carbonyl (C=O) groups is 1. The molecular weight excluding hydrogens is 412 g/mol. The van der Waals surface area contributed by atoms with Gasteiger partial charge < -0.3 is 0 Å². The van der Waals surface area contributed by atoms with E-state index in [1.807, 2.05) is 18.2 Å². The number of fused-ring (bicyclic) bond motifs is 3. The van der Waals surface area contributed by atoms with Gasteiger partial charge in [-0.25, -0.2) is 0 Å². The summed E-state index contributed by atoms with van der Waals surface area (Å²) in [7, 11) is 0. The average Bonchev–Trinajstić information content (AvgIpc) is 3.20. The number of ketones is 1. The van der Waals surface area contributed by atoms with Crippen molar-refractivity contribution in [3.63, 3.8) is 0 Å². The molecule has 4 aromatic carbocycles. The highest BCUT2D eigenvalue weighted by Gasteiger charge is 2.55. The summed E-state index contributed by atoms with van der Waals surface area (Å²) < 4.78 is 0. The van der Waals surface area contributed by atoms with E-state index >= 15 is 0 Å². The van der Waals surface area contributed by atoms with Crippen molar-refractivity contribution < 1.29 is 4.79 Å². The maximum Gasteiger partial charge on any atom is 0.182 e. The lowest BCUT2D eigenvalue weighted by Crippen LogP contribution is -2.40. The molecule has 7 rings (SSSR count). The number of hydrogen-bond donors (Lipinski definition) is 0. The van der Waals surface area contributed by atoms with Crippen molar-refractivity contribution in [3.05, 3.63) is 142 Å². The Kier molecular flexibility index (Phi) is 4.17. The van der Waals surface area contributed by atoms with Crippen LogP contribution in [0.1, 0.15) is 51.8 Å². The van der Waals surface area contributed by atoms with Crippen molar-refractivity contribution in [1.82, 2.24) is 0 Å². The quantitative estimate of drug-likeness (QED) is 0.321. The zero-order valence-corrected chi connectivity index (χ0v) is 18.9. The van der Waals surface area contributed by atoms with Crippen LogP contribution in [0, 0.1) is 0 Å². The van der Waals surface area contributed by atoms with E-state index in [2.05, 4.69) is 91.0 Å². The van der Waals surface area contributed by atoms with Gasteiger partial charge in [0, 0.05) is 5.57 Å². The molecule has 0 heterocycles. The zero-order valence-electron chi connectivity index (χ0n) is 18.9. The SMILES string of the molecule is O=C1C(c2ccccc2)=Cc2ccccc2[C@@]12C(c1ccccc1)=C1CCCc3cccc2c31. The maximum atomic E-state index is 14.9. The van der Waals surface area contributed by atoms with Gasteiger partial charge in [0.05, 0.1) is 0 Å². The number of benzene rings is 4. The van der Waals surface area contributed by atoms with Crippen LogP contribution in [0.3, 0.4) is 0 Å². The van der Waals surface area contributed by atoms with Crippen molar-refractivity contribution >= 4 is 28.6 Å². The predicted octanol–water partition coefficient (Wildman–Crippen LogP) is 7.36. The number of carbonyl (C=O) groups excluding carboxylic acids is 1. The first kappa shape index (κ1) is 19.5. The van der Waals surface area contributed by atoms with Gasteiger partial charge in [-0.1, -0.05) is 103 Å². The van der Waals surface area contributed by atoms with Crippen LogP contribution in [0.25, 0.3) is 22.8 Å². The molecule has 0 unspecified atom stereocenters. The molecule has 0 aliphatic heterocycles. The van der Waals surface area contributed by atoms with Crippen molar-refractivity contribution in [2.45, 2.75) is 24.7 Å². The average molecular weight is 437 g/mol. The van der Waals surface area contributed by atoms with Gasteiger partial charge >= 0.3 is 0 Å². The van der Waals surface area contributed by atoms with E-state index in [9.17, 15) is 4.79 Å². The summed E-state index contributed by atoms with van der Waals surface area (Å²) in [6, 6.07) is 35.9. The number of allylic oxidation sites excluding steroid dienone is 3. The monoisotopic (exact) mass is 436 g/mol. The van der Waals surface area contributed by atoms with Crippen LogP contribution in [0.2, 0.25) is 0 Å². The van der Waals surface area contributed by atoms with E-state index in [1.165, 1.54) is 22.3 Å². The Morgan fingerprint density at radius 1 is 0.618 bits per heavy atom. The van der Waals surface area contributed by atoms with E-state index in [0.717, 1.165) is 52.7 Å². The second-order valence-electron chi connectivity index (χ2n) is 9.50. The van der Waals surface area contributed by atoms with Crippen molar-refractivity contribution in [3.8, 4) is 0 Å². The van der Waals surface area contributed by atoms with Gasteiger partial charge in [0.1, 0.15) is 5.41 Å². The topological polar surface area (TPSA) is 17.1 Å². The molecule has 0 saturated heterocycles. The minimum Gasteiger partial charge on any atom is -0.292 e. The normalized spacial score (nSPS) is 20.2. The molecule has 4 aromatic rings. The third kappa shape index (κ3) is 2.47. The lowest BCUT2D eigenvalue weighted by atomic mass is 9.61. The van der Waals surface area contributed by atoms with Gasteiger partial charge in [-0.2, -0.15) is 0 Å². The highest BCUT2D eigenvalue weighted by atomic mass is 16.1. The molecule has 0 amide bonds. The summed E-state index contributed by atoms with van der Waals surface area (Å²) in [5, 5.41) is 0. The lowest BCUT2D eigenvalue weighted by molar-refractivity contribution is -0.116. The van der Waals surface area contributed by atoms with Crippen molar-refractivity contribution in [2.24, 2.45) is 0 Å². The fourth-order valence-electron chi connectivity index (χ4n) is 6.52. The Balaban J connectivity index is 1.64. The second kappa shape index (κ2) is 7.27. The molecule has 0 N–H and O–H groups in total. The molecule has 34 heavy (non-hydrogen) atoms. The highest BCUT2D eigenvalue weighted by molar-refractivity contribution is 6.38. The van der Waals surface area contributed by atoms with Crippen LogP contribution < -0.4 is 0 Å². The minimum absolute atomic E-state index is 0.187. The first-order chi connectivity index (χ1) is 16.8. The van der Waals surface area contributed by atoms with Gasteiger partial charge in [-0.3, -0.25) is 4.79 Å². The van der Waals surface area contributed by atoms with Gasteiger partial charge in [-0.15, -0.1) is 0 Å². The molecule has 1 nitrogen and oxygen atoms in total. The first-order valence-electron chi connectivity index (χ1n) is 12.1. The van der Waals surface area contributed by atoms with Gasteiger partial charge in [0.15, 0.2) is 5.78 Å². The molecule has 0 radical (unpaired) electrons. The molecule has 0 saturated carbocycles. The molecule has 0 bridgehead atoms. The van der Waals surface area contributed by atoms with Crippen LogP contribution in [0.5, 0.6) is 0 Å². The zero-order chi connectivity index (χ0) is 22.7. The third-order valence-electron chi connectivity index (χ3n) is 7.80. The molecule has 1 spiro atoms. The number of Topliss-reactive ketones (excluding diaryl/α,β-unsaturated/α-hetero) is 1. The summed E-state index contributed by atoms with van der Waals surface area (Å²) in [6.07, 6.45) is 5.30. The van der Waals surface area contributed by atoms with Gasteiger partial charge in [0.2, 0.25) is 0 Å².